The van der Waals surface area contributed by atoms with E-state index in [4.69, 9.17) is 4.74 Å². The summed E-state index contributed by atoms with van der Waals surface area (Å²) < 4.78 is 20.0. The van der Waals surface area contributed by atoms with Crippen molar-refractivity contribution in [1.82, 2.24) is 0 Å². The molecule has 0 aliphatic carbocycles. The number of aliphatic hydroxyl groups is 1. The number of aryl methyl sites for hydroxylation is 1. The summed E-state index contributed by atoms with van der Waals surface area (Å²) in [6.45, 7) is 6.91. The van der Waals surface area contributed by atoms with Crippen LogP contribution in [-0.4, -0.2) is 5.11 Å². The number of aliphatic hydroxyl groups excluding tert-OH is 1. The highest BCUT2D eigenvalue weighted by Crippen LogP contribution is 2.36. The van der Waals surface area contributed by atoms with Crippen LogP contribution in [0.15, 0.2) is 67.0 Å². The summed E-state index contributed by atoms with van der Waals surface area (Å²) in [6, 6.07) is 16.6. The monoisotopic (exact) mass is 422 g/mol. The van der Waals surface area contributed by atoms with Crippen molar-refractivity contribution in [3.05, 3.63) is 95.1 Å². The van der Waals surface area contributed by atoms with Crippen LogP contribution in [0.2, 0.25) is 0 Å². The number of halogens is 1. The van der Waals surface area contributed by atoms with Gasteiger partial charge in [0.2, 0.25) is 0 Å². The topological polar surface area (TPSA) is 44.7 Å². The number of benzene rings is 3. The maximum absolute atomic E-state index is 14.1. The van der Waals surface area contributed by atoms with Gasteiger partial charge in [-0.3, -0.25) is 0 Å². The van der Waals surface area contributed by atoms with Crippen LogP contribution in [0.25, 0.3) is 0 Å². The Balaban J connectivity index is 1.61. The third-order valence-corrected chi connectivity index (χ3v) is 5.91. The first-order valence-corrected chi connectivity index (χ1v) is 10.3. The Morgan fingerprint density at radius 2 is 2.00 bits per heavy atom. The Morgan fingerprint density at radius 1 is 1.20 bits per heavy atom. The van der Waals surface area contributed by atoms with Gasteiger partial charge >= 0.3 is 0 Å². The van der Waals surface area contributed by atoms with Crippen LogP contribution in [0, 0.1) is 12.7 Å². The normalized spacial score (nSPS) is 13.1. The lowest BCUT2D eigenvalue weighted by Crippen LogP contribution is -2.32. The zero-order valence-electron chi connectivity index (χ0n) is 16.8. The third kappa shape index (κ3) is 3.91. The molecule has 0 saturated heterocycles. The van der Waals surface area contributed by atoms with E-state index < -0.39 is 0 Å². The molecule has 0 aromatic heterocycles. The largest absolute Gasteiger partial charge is 0.489 e. The molecule has 3 aromatic rings. The van der Waals surface area contributed by atoms with Crippen molar-refractivity contribution in [2.75, 3.05) is 10.2 Å². The van der Waals surface area contributed by atoms with Crippen molar-refractivity contribution in [3.63, 3.8) is 0 Å². The minimum Gasteiger partial charge on any atom is -0.489 e. The highest BCUT2D eigenvalue weighted by atomic mass is 31.0. The zero-order valence-corrected chi connectivity index (χ0v) is 17.9. The molecule has 1 atom stereocenters. The van der Waals surface area contributed by atoms with Gasteiger partial charge in [-0.25, -0.2) is 4.39 Å². The van der Waals surface area contributed by atoms with E-state index in [1.807, 2.05) is 49.4 Å². The zero-order chi connectivity index (χ0) is 21.3. The van der Waals surface area contributed by atoms with Crippen LogP contribution < -0.4 is 20.3 Å². The molecule has 154 valence electrons. The van der Waals surface area contributed by atoms with Gasteiger partial charge in [0, 0.05) is 28.6 Å². The van der Waals surface area contributed by atoms with Crippen molar-refractivity contribution in [3.8, 4) is 5.75 Å². The lowest BCUT2D eigenvalue weighted by Gasteiger charge is -2.35. The molecule has 4 nitrogen and oxygen atoms in total. The molecule has 0 spiro atoms. The maximum Gasteiger partial charge on any atom is 0.130 e. The summed E-state index contributed by atoms with van der Waals surface area (Å²) in [7, 11) is 2.54. The maximum atomic E-state index is 14.1. The first-order chi connectivity index (χ1) is 14.5. The van der Waals surface area contributed by atoms with E-state index in [2.05, 4.69) is 26.0 Å². The number of nitrogens with one attached hydrogen (secondary N) is 1. The molecule has 1 unspecified atom stereocenters. The van der Waals surface area contributed by atoms with Crippen LogP contribution in [0.1, 0.15) is 22.3 Å². The van der Waals surface area contributed by atoms with Crippen molar-refractivity contribution in [2.24, 2.45) is 0 Å². The Morgan fingerprint density at radius 3 is 2.77 bits per heavy atom. The quantitative estimate of drug-likeness (QED) is 0.590. The SMILES string of the molecule is C=C1Nc2cccc(CO)c2CN1c1cc(OCc2c(F)cccc2P)ccc1C. The van der Waals surface area contributed by atoms with Crippen LogP contribution in [0.5, 0.6) is 5.75 Å². The van der Waals surface area contributed by atoms with Gasteiger partial charge in [0.15, 0.2) is 0 Å². The van der Waals surface area contributed by atoms with Crippen molar-refractivity contribution in [2.45, 2.75) is 26.7 Å². The van der Waals surface area contributed by atoms with Gasteiger partial charge in [0.1, 0.15) is 24.0 Å². The Hall–Kier alpha value is -2.88. The van der Waals surface area contributed by atoms with Crippen LogP contribution >= 0.6 is 9.24 Å². The van der Waals surface area contributed by atoms with Gasteiger partial charge in [0.25, 0.3) is 0 Å². The van der Waals surface area contributed by atoms with Crippen LogP contribution in [-0.2, 0) is 19.8 Å². The first-order valence-electron chi connectivity index (χ1n) is 9.69. The number of rotatable bonds is 5. The fourth-order valence-corrected chi connectivity index (χ4v) is 3.98. The minimum atomic E-state index is -0.281. The third-order valence-electron chi connectivity index (χ3n) is 5.37. The number of ether oxygens (including phenoxy) is 1. The van der Waals surface area contributed by atoms with Crippen LogP contribution in [0.4, 0.5) is 15.8 Å². The number of hydrogen-bond acceptors (Lipinski definition) is 4. The van der Waals surface area contributed by atoms with E-state index in [0.717, 1.165) is 39.2 Å². The summed E-state index contributed by atoms with van der Waals surface area (Å²) in [6.07, 6.45) is 0. The highest BCUT2D eigenvalue weighted by molar-refractivity contribution is 7.27. The average molecular weight is 422 g/mol. The predicted octanol–water partition coefficient (Wildman–Crippen LogP) is 4.61. The lowest BCUT2D eigenvalue weighted by molar-refractivity contribution is 0.280. The molecule has 0 saturated carbocycles. The lowest BCUT2D eigenvalue weighted by atomic mass is 10.0. The number of hydrogen-bond donors (Lipinski definition) is 2. The molecule has 1 heterocycles. The van der Waals surface area contributed by atoms with E-state index in [0.29, 0.717) is 17.9 Å². The molecule has 1 aliphatic heterocycles. The molecule has 2 N–H and O–H groups in total. The summed E-state index contributed by atoms with van der Waals surface area (Å²) in [5.74, 6) is 1.12. The summed E-state index contributed by atoms with van der Waals surface area (Å²) in [4.78, 5) is 2.06. The van der Waals surface area contributed by atoms with Crippen molar-refractivity contribution >= 4 is 25.9 Å². The molecular weight excluding hydrogens is 398 g/mol. The number of fused-ring (bicyclic) bond motifs is 1. The average Bonchev–Trinajstić information content (AvgIpc) is 2.73. The van der Waals surface area contributed by atoms with Crippen molar-refractivity contribution in [1.29, 1.82) is 0 Å². The molecule has 6 heteroatoms. The summed E-state index contributed by atoms with van der Waals surface area (Å²) in [5, 5.41) is 13.8. The van der Waals surface area contributed by atoms with Gasteiger partial charge in [-0.2, -0.15) is 0 Å². The molecular formula is C24H24FN2O2P. The minimum absolute atomic E-state index is 0.0205. The Labute approximate surface area is 178 Å². The Kier molecular flexibility index (Phi) is 5.76. The summed E-state index contributed by atoms with van der Waals surface area (Å²) >= 11 is 0. The summed E-state index contributed by atoms with van der Waals surface area (Å²) in [5.41, 5.74) is 5.42. The number of anilines is 2. The molecule has 0 radical (unpaired) electrons. The standard InChI is InChI=1S/C24H24FN2O2P/c1-15-9-10-18(29-14-20-21(25)6-4-8-24(20)30)11-23(15)27-12-19-17(13-28)5-3-7-22(19)26-16(27)2/h3-11,26,28H,2,12-14,30H2,1H3. The molecule has 0 fully saturated rings. The second-order valence-electron chi connectivity index (χ2n) is 7.30. The predicted molar refractivity (Wildman–Crippen MR) is 123 cm³/mol. The van der Waals surface area contributed by atoms with Crippen molar-refractivity contribution < 1.29 is 14.2 Å². The molecule has 4 rings (SSSR count). The fourth-order valence-electron chi connectivity index (χ4n) is 3.65. The van der Waals surface area contributed by atoms with E-state index >= 15 is 0 Å². The van der Waals surface area contributed by atoms with Gasteiger partial charge in [-0.15, -0.1) is 9.24 Å². The van der Waals surface area contributed by atoms with E-state index in [9.17, 15) is 9.50 Å². The van der Waals surface area contributed by atoms with Gasteiger partial charge in [-0.05, 0) is 41.6 Å². The Bertz CT molecular complexity index is 1100. The van der Waals surface area contributed by atoms with E-state index in [1.54, 1.807) is 6.07 Å². The number of nitrogens with zero attached hydrogens (tertiary/aromatic N) is 1. The second kappa shape index (κ2) is 8.47. The molecule has 30 heavy (non-hydrogen) atoms. The van der Waals surface area contributed by atoms with E-state index in [-0.39, 0.29) is 19.0 Å². The van der Waals surface area contributed by atoms with Gasteiger partial charge < -0.3 is 20.1 Å². The highest BCUT2D eigenvalue weighted by Gasteiger charge is 2.23. The van der Waals surface area contributed by atoms with Gasteiger partial charge in [-0.1, -0.05) is 36.9 Å². The molecule has 0 bridgehead atoms. The fraction of sp³-hybridized carbons (Fsp3) is 0.167. The second-order valence-corrected chi connectivity index (χ2v) is 7.93. The molecule has 0 amide bonds. The van der Waals surface area contributed by atoms with E-state index in [1.165, 1.54) is 6.07 Å². The first kappa shape index (κ1) is 20.4. The molecule has 1 aliphatic rings. The van der Waals surface area contributed by atoms with Gasteiger partial charge in [0.05, 0.1) is 13.2 Å². The van der Waals surface area contributed by atoms with Crippen LogP contribution in [0.3, 0.4) is 0 Å². The smallest absolute Gasteiger partial charge is 0.130 e. The molecule has 3 aromatic carbocycles.